The summed E-state index contributed by atoms with van der Waals surface area (Å²) in [6.45, 7) is 4.95. The zero-order valence-electron chi connectivity index (χ0n) is 19.2. The molecular weight excluding hydrogens is 446 g/mol. The molecule has 1 atom stereocenters. The molecule has 1 amide bonds. The van der Waals surface area contributed by atoms with Crippen LogP contribution in [0.4, 0.5) is 17.3 Å². The molecule has 0 saturated carbocycles. The van der Waals surface area contributed by atoms with E-state index in [1.54, 1.807) is 31.2 Å². The van der Waals surface area contributed by atoms with Crippen LogP contribution >= 0.6 is 0 Å². The largest absolute Gasteiger partial charge is 0.463 e. The number of carbonyl (C=O) groups excluding carboxylic acids is 1. The number of anilines is 3. The van der Waals surface area contributed by atoms with E-state index < -0.39 is 11.9 Å². The minimum absolute atomic E-state index is 0.368. The van der Waals surface area contributed by atoms with Crippen LogP contribution < -0.4 is 20.7 Å². The molecule has 35 heavy (non-hydrogen) atoms. The average molecular weight is 472 g/mol. The van der Waals surface area contributed by atoms with Crippen molar-refractivity contribution in [3.05, 3.63) is 83.6 Å². The molecule has 1 aliphatic rings. The molecule has 1 saturated heterocycles. The molecule has 1 aliphatic heterocycles. The molecule has 1 fully saturated rings. The van der Waals surface area contributed by atoms with Gasteiger partial charge in [0.05, 0.1) is 6.26 Å². The molecule has 1 aromatic carbocycles. The fraction of sp³-hybridized carbons (Fsp3) is 0.240. The predicted octanol–water partition coefficient (Wildman–Crippen LogP) is 2.82. The van der Waals surface area contributed by atoms with Gasteiger partial charge < -0.3 is 19.5 Å². The van der Waals surface area contributed by atoms with Gasteiger partial charge in [0, 0.05) is 44.0 Å². The van der Waals surface area contributed by atoms with E-state index >= 15 is 0 Å². The molecular formula is C25H25N7O3. The van der Waals surface area contributed by atoms with Crippen LogP contribution in [0.15, 0.2) is 82.5 Å². The first kappa shape index (κ1) is 22.3. The Labute approximate surface area is 201 Å². The molecule has 5 rings (SSSR count). The normalized spacial score (nSPS) is 14.5. The monoisotopic (exact) mass is 471 g/mol. The topological polar surface area (TPSA) is 109 Å². The third kappa shape index (κ3) is 4.91. The van der Waals surface area contributed by atoms with Gasteiger partial charge >= 0.3 is 0 Å². The maximum atomic E-state index is 12.9. The van der Waals surface area contributed by atoms with E-state index in [9.17, 15) is 9.59 Å². The van der Waals surface area contributed by atoms with Crippen molar-refractivity contribution in [1.82, 2.24) is 19.7 Å². The average Bonchev–Trinajstić information content (AvgIpc) is 3.44. The number of amides is 1. The van der Waals surface area contributed by atoms with E-state index in [1.165, 1.54) is 24.3 Å². The summed E-state index contributed by atoms with van der Waals surface area (Å²) in [7, 11) is 0. The van der Waals surface area contributed by atoms with E-state index in [0.717, 1.165) is 36.7 Å². The first-order valence-corrected chi connectivity index (χ1v) is 11.4. The minimum Gasteiger partial charge on any atom is -0.463 e. The van der Waals surface area contributed by atoms with Gasteiger partial charge in [-0.3, -0.25) is 9.59 Å². The van der Waals surface area contributed by atoms with Gasteiger partial charge in [-0.1, -0.05) is 18.2 Å². The summed E-state index contributed by atoms with van der Waals surface area (Å²) in [5.74, 6) is 1.22. The Morgan fingerprint density at radius 2 is 1.74 bits per heavy atom. The van der Waals surface area contributed by atoms with E-state index in [1.807, 2.05) is 18.2 Å². The fourth-order valence-corrected chi connectivity index (χ4v) is 4.02. The number of hydrogen-bond acceptors (Lipinski definition) is 8. The van der Waals surface area contributed by atoms with Crippen LogP contribution in [0.25, 0.3) is 11.5 Å². The summed E-state index contributed by atoms with van der Waals surface area (Å²) >= 11 is 0. The van der Waals surface area contributed by atoms with Crippen molar-refractivity contribution < 1.29 is 9.21 Å². The molecule has 0 spiro atoms. The van der Waals surface area contributed by atoms with Crippen LogP contribution in [-0.2, 0) is 4.79 Å². The smallest absolute Gasteiger partial charge is 0.267 e. The van der Waals surface area contributed by atoms with Crippen LogP contribution in [0.3, 0.4) is 0 Å². The molecule has 178 valence electrons. The van der Waals surface area contributed by atoms with Crippen molar-refractivity contribution in [3.8, 4) is 11.5 Å². The Kier molecular flexibility index (Phi) is 6.25. The highest BCUT2D eigenvalue weighted by Crippen LogP contribution is 2.21. The highest BCUT2D eigenvalue weighted by molar-refractivity contribution is 5.92. The quantitative estimate of drug-likeness (QED) is 0.457. The van der Waals surface area contributed by atoms with Gasteiger partial charge in [0.25, 0.3) is 5.56 Å². The van der Waals surface area contributed by atoms with Crippen molar-refractivity contribution in [2.75, 3.05) is 41.3 Å². The summed E-state index contributed by atoms with van der Waals surface area (Å²) in [5, 5.41) is 7.09. The summed E-state index contributed by atoms with van der Waals surface area (Å²) in [5.41, 5.74) is 1.28. The first-order chi connectivity index (χ1) is 17.1. The van der Waals surface area contributed by atoms with Crippen LogP contribution in [-0.4, -0.2) is 51.8 Å². The lowest BCUT2D eigenvalue weighted by molar-refractivity contribution is -0.119. The molecule has 0 bridgehead atoms. The Morgan fingerprint density at radius 1 is 0.971 bits per heavy atom. The third-order valence-electron chi connectivity index (χ3n) is 5.97. The molecule has 1 unspecified atom stereocenters. The molecule has 4 heterocycles. The van der Waals surface area contributed by atoms with Gasteiger partial charge in [0.2, 0.25) is 5.91 Å². The van der Waals surface area contributed by atoms with Gasteiger partial charge in [0.15, 0.2) is 5.76 Å². The van der Waals surface area contributed by atoms with Crippen LogP contribution in [0.5, 0.6) is 0 Å². The number of carbonyl (C=O) groups is 1. The third-order valence-corrected chi connectivity index (χ3v) is 5.97. The summed E-state index contributed by atoms with van der Waals surface area (Å²) in [6, 6.07) is 17.6. The van der Waals surface area contributed by atoms with E-state index in [2.05, 4.69) is 42.3 Å². The van der Waals surface area contributed by atoms with Gasteiger partial charge in [0.1, 0.15) is 29.7 Å². The molecule has 3 aromatic heterocycles. The molecule has 1 N–H and O–H groups in total. The van der Waals surface area contributed by atoms with Crippen molar-refractivity contribution in [2.45, 2.75) is 13.0 Å². The first-order valence-electron chi connectivity index (χ1n) is 11.4. The van der Waals surface area contributed by atoms with Crippen LogP contribution in [0.1, 0.15) is 13.0 Å². The fourth-order valence-electron chi connectivity index (χ4n) is 4.02. The lowest BCUT2D eigenvalue weighted by atomic mass is 10.2. The van der Waals surface area contributed by atoms with Crippen molar-refractivity contribution in [1.29, 1.82) is 0 Å². The number of benzene rings is 1. The van der Waals surface area contributed by atoms with Gasteiger partial charge in [-0.05, 0) is 37.3 Å². The second kappa shape index (κ2) is 9.80. The number of para-hydroxylation sites is 1. The Morgan fingerprint density at radius 3 is 2.49 bits per heavy atom. The summed E-state index contributed by atoms with van der Waals surface area (Å²) in [4.78, 5) is 38.4. The maximum Gasteiger partial charge on any atom is 0.267 e. The molecule has 4 aromatic rings. The number of rotatable bonds is 6. The SMILES string of the molecule is CC(C(=O)Nc1cc(N2CCN(c3ccccc3)CC2)ncn1)n1nc(-c2ccco2)ccc1=O. The highest BCUT2D eigenvalue weighted by atomic mass is 16.3. The van der Waals surface area contributed by atoms with E-state index in [-0.39, 0.29) is 5.56 Å². The number of hydrogen-bond donors (Lipinski definition) is 1. The van der Waals surface area contributed by atoms with Crippen molar-refractivity contribution in [2.24, 2.45) is 0 Å². The Bertz CT molecular complexity index is 1350. The van der Waals surface area contributed by atoms with E-state index in [4.69, 9.17) is 4.42 Å². The van der Waals surface area contributed by atoms with Crippen LogP contribution in [0.2, 0.25) is 0 Å². The number of nitrogens with zero attached hydrogens (tertiary/aromatic N) is 6. The number of furan rings is 1. The predicted molar refractivity (Wildman–Crippen MR) is 132 cm³/mol. The Balaban J connectivity index is 1.26. The molecule has 10 heteroatoms. The summed E-state index contributed by atoms with van der Waals surface area (Å²) < 4.78 is 6.49. The zero-order valence-corrected chi connectivity index (χ0v) is 19.2. The van der Waals surface area contributed by atoms with Gasteiger partial charge in [-0.15, -0.1) is 0 Å². The Hall–Kier alpha value is -4.47. The number of piperazine rings is 1. The molecule has 0 aliphatic carbocycles. The second-order valence-corrected chi connectivity index (χ2v) is 8.21. The minimum atomic E-state index is -0.856. The van der Waals surface area contributed by atoms with Crippen molar-refractivity contribution >= 4 is 23.2 Å². The van der Waals surface area contributed by atoms with Gasteiger partial charge in [-0.2, -0.15) is 5.10 Å². The lowest BCUT2D eigenvalue weighted by Gasteiger charge is -2.36. The van der Waals surface area contributed by atoms with Crippen molar-refractivity contribution in [3.63, 3.8) is 0 Å². The second-order valence-electron chi connectivity index (χ2n) is 8.21. The van der Waals surface area contributed by atoms with E-state index in [0.29, 0.717) is 17.3 Å². The maximum absolute atomic E-state index is 12.9. The summed E-state index contributed by atoms with van der Waals surface area (Å²) in [6.07, 6.45) is 2.96. The van der Waals surface area contributed by atoms with Gasteiger partial charge in [-0.25, -0.2) is 14.6 Å². The molecule has 10 nitrogen and oxygen atoms in total. The number of aromatic nitrogens is 4. The zero-order chi connectivity index (χ0) is 24.2. The van der Waals surface area contributed by atoms with Crippen LogP contribution in [0, 0.1) is 0 Å². The highest BCUT2D eigenvalue weighted by Gasteiger charge is 2.21. The lowest BCUT2D eigenvalue weighted by Crippen LogP contribution is -2.46. The number of nitrogens with one attached hydrogen (secondary N) is 1. The molecule has 0 radical (unpaired) electrons. The standard InChI is InChI=1S/C25H25N7O3/c1-18(32-24(33)10-9-20(29-32)21-8-5-15-35-21)25(34)28-22-16-23(27-17-26-22)31-13-11-30(12-14-31)19-6-3-2-4-7-19/h2-10,15-18H,11-14H2,1H3,(H,26,27,28,34).